The van der Waals surface area contributed by atoms with Gasteiger partial charge in [-0.25, -0.2) is 0 Å². The van der Waals surface area contributed by atoms with Crippen molar-refractivity contribution < 1.29 is 29.3 Å². The van der Waals surface area contributed by atoms with Crippen LogP contribution in [0, 0.1) is 5.92 Å². The highest BCUT2D eigenvalue weighted by Gasteiger charge is 2.25. The first-order valence-electron chi connectivity index (χ1n) is 12.1. The highest BCUT2D eigenvalue weighted by molar-refractivity contribution is 7.16. The van der Waals surface area contributed by atoms with Crippen LogP contribution in [0.5, 0.6) is 5.75 Å². The number of carbonyl (C=O) groups is 3. The molecule has 196 valence electrons. The van der Waals surface area contributed by atoms with Crippen LogP contribution in [0.15, 0.2) is 89.7 Å². The number of ether oxygens (including phenoxy) is 1. The van der Waals surface area contributed by atoms with Crippen molar-refractivity contribution in [2.45, 2.75) is 13.0 Å². The van der Waals surface area contributed by atoms with Gasteiger partial charge in [0.25, 0.3) is 0 Å². The Hall–Kier alpha value is -4.76. The smallest absolute Gasteiger partial charge is 0.318 e. The molecule has 0 aliphatic rings. The number of carbonyl (C=O) groups excluding carboxylic acids is 1. The molecule has 0 fully saturated rings. The zero-order chi connectivity index (χ0) is 27.5. The van der Waals surface area contributed by atoms with Gasteiger partial charge in [0.2, 0.25) is 0 Å². The first-order valence-corrected chi connectivity index (χ1v) is 13.0. The minimum absolute atomic E-state index is 0.106. The van der Waals surface area contributed by atoms with Crippen molar-refractivity contribution in [3.63, 3.8) is 0 Å². The third kappa shape index (κ3) is 5.44. The van der Waals surface area contributed by atoms with E-state index in [1.54, 1.807) is 47.0 Å². The van der Waals surface area contributed by atoms with E-state index in [0.29, 0.717) is 32.7 Å². The highest BCUT2D eigenvalue weighted by atomic mass is 32.1. The van der Waals surface area contributed by atoms with Crippen LogP contribution in [0.25, 0.3) is 21.0 Å². The summed E-state index contributed by atoms with van der Waals surface area (Å²) in [5.74, 6) is -3.89. The van der Waals surface area contributed by atoms with Crippen LogP contribution in [0.4, 0.5) is 0 Å². The number of carboxylic acids is 2. The summed E-state index contributed by atoms with van der Waals surface area (Å²) in [5.41, 5.74) is 2.40. The van der Waals surface area contributed by atoms with Gasteiger partial charge in [-0.2, -0.15) is 0 Å². The Balaban J connectivity index is 1.27. The molecule has 0 aliphatic carbocycles. The van der Waals surface area contributed by atoms with Crippen LogP contribution in [0.2, 0.25) is 0 Å². The zero-order valence-corrected chi connectivity index (χ0v) is 21.4. The average molecular weight is 542 g/mol. The van der Waals surface area contributed by atoms with Crippen molar-refractivity contribution in [3.05, 3.63) is 111 Å². The molecule has 1 aromatic heterocycles. The molecule has 1 heterocycles. The first kappa shape index (κ1) is 25.9. The van der Waals surface area contributed by atoms with Crippen LogP contribution >= 0.6 is 11.3 Å². The van der Waals surface area contributed by atoms with Crippen LogP contribution in [-0.2, 0) is 22.6 Å². The van der Waals surface area contributed by atoms with E-state index in [4.69, 9.17) is 14.9 Å². The second kappa shape index (κ2) is 10.9. The lowest BCUT2D eigenvalue weighted by Gasteiger charge is -2.10. The molecule has 0 unspecified atom stereocenters. The summed E-state index contributed by atoms with van der Waals surface area (Å²) in [7, 11) is 0. The third-order valence-corrected chi connectivity index (χ3v) is 7.45. The molecule has 39 heavy (non-hydrogen) atoms. The fourth-order valence-electron chi connectivity index (χ4n) is 4.49. The van der Waals surface area contributed by atoms with Gasteiger partial charge in [-0.3, -0.25) is 23.7 Å². The van der Waals surface area contributed by atoms with Crippen molar-refractivity contribution in [3.8, 4) is 5.75 Å². The summed E-state index contributed by atoms with van der Waals surface area (Å²) in [6, 6.07) is 25.1. The second-order valence-corrected chi connectivity index (χ2v) is 9.98. The lowest BCUT2D eigenvalue weighted by Crippen LogP contribution is -2.25. The lowest BCUT2D eigenvalue weighted by molar-refractivity contribution is -0.154. The van der Waals surface area contributed by atoms with Gasteiger partial charge in [-0.05, 0) is 53.1 Å². The number of ketones is 1. The van der Waals surface area contributed by atoms with Gasteiger partial charge in [-0.1, -0.05) is 65.9 Å². The number of hydrogen-bond donors (Lipinski definition) is 2. The number of nitrogens with zero attached hydrogens (tertiary/aromatic N) is 1. The van der Waals surface area contributed by atoms with E-state index in [2.05, 4.69) is 0 Å². The number of benzene rings is 4. The molecule has 5 aromatic rings. The van der Waals surface area contributed by atoms with Crippen molar-refractivity contribution in [1.29, 1.82) is 0 Å². The van der Waals surface area contributed by atoms with Gasteiger partial charge in [0.15, 0.2) is 11.7 Å². The van der Waals surface area contributed by atoms with Crippen LogP contribution in [-0.4, -0.2) is 39.1 Å². The average Bonchev–Trinajstić information content (AvgIpc) is 3.25. The van der Waals surface area contributed by atoms with E-state index >= 15 is 0 Å². The maximum Gasteiger partial charge on any atom is 0.318 e. The van der Waals surface area contributed by atoms with Crippen molar-refractivity contribution in [2.75, 3.05) is 6.61 Å². The molecule has 9 heteroatoms. The fourth-order valence-corrected chi connectivity index (χ4v) is 5.45. The number of carboxylic acid groups (broad SMARTS) is 2. The minimum atomic E-state index is -1.52. The van der Waals surface area contributed by atoms with E-state index in [1.165, 1.54) is 0 Å². The standard InChI is InChI=1S/C30H23NO7S/c32-27(23-7-3-5-19-4-1-2-6-22(19)23)20-10-13-25-26(17-20)39-30(37)31(25)14-15-38-21-11-8-18(9-12-21)16-24(28(33)34)29(35)36/h1-13,17,24H,14-16H2,(H,33,34)(H,35,36). The normalized spacial score (nSPS) is 11.2. The van der Waals surface area contributed by atoms with Crippen molar-refractivity contribution in [2.24, 2.45) is 5.92 Å². The topological polar surface area (TPSA) is 123 Å². The Morgan fingerprint density at radius 1 is 0.872 bits per heavy atom. The molecule has 0 amide bonds. The lowest BCUT2D eigenvalue weighted by atomic mass is 9.97. The van der Waals surface area contributed by atoms with E-state index in [1.807, 2.05) is 42.5 Å². The quantitative estimate of drug-likeness (QED) is 0.191. The summed E-state index contributed by atoms with van der Waals surface area (Å²) >= 11 is 1.07. The van der Waals surface area contributed by atoms with Crippen molar-refractivity contribution in [1.82, 2.24) is 4.57 Å². The Bertz CT molecular complexity index is 1750. The largest absolute Gasteiger partial charge is 0.492 e. The predicted octanol–water partition coefficient (Wildman–Crippen LogP) is 4.85. The molecule has 0 spiro atoms. The van der Waals surface area contributed by atoms with Gasteiger partial charge in [0, 0.05) is 11.1 Å². The molecule has 0 aliphatic heterocycles. The summed E-state index contributed by atoms with van der Waals surface area (Å²) in [6.45, 7) is 0.492. The number of fused-ring (bicyclic) bond motifs is 2. The molecule has 0 atom stereocenters. The van der Waals surface area contributed by atoms with Gasteiger partial charge < -0.3 is 14.9 Å². The van der Waals surface area contributed by atoms with Crippen LogP contribution in [0.1, 0.15) is 21.5 Å². The van der Waals surface area contributed by atoms with E-state index in [9.17, 15) is 19.2 Å². The summed E-state index contributed by atoms with van der Waals surface area (Å²) in [5, 5.41) is 20.0. The van der Waals surface area contributed by atoms with Gasteiger partial charge in [0.05, 0.1) is 16.8 Å². The summed E-state index contributed by atoms with van der Waals surface area (Å²) < 4.78 is 8.07. The number of aliphatic carboxylic acids is 2. The Labute approximate surface area is 226 Å². The highest BCUT2D eigenvalue weighted by Crippen LogP contribution is 2.25. The van der Waals surface area contributed by atoms with Crippen molar-refractivity contribution >= 4 is 50.0 Å². The van der Waals surface area contributed by atoms with E-state index < -0.39 is 17.9 Å². The van der Waals surface area contributed by atoms with Gasteiger partial charge >= 0.3 is 16.8 Å². The number of aromatic nitrogens is 1. The summed E-state index contributed by atoms with van der Waals surface area (Å²) in [4.78, 5) is 48.1. The zero-order valence-electron chi connectivity index (χ0n) is 20.6. The number of rotatable bonds is 10. The minimum Gasteiger partial charge on any atom is -0.492 e. The summed E-state index contributed by atoms with van der Waals surface area (Å²) in [6.07, 6.45) is -0.133. The molecular weight excluding hydrogens is 518 g/mol. The maximum absolute atomic E-state index is 13.3. The molecule has 0 saturated heterocycles. The van der Waals surface area contributed by atoms with E-state index in [0.717, 1.165) is 22.1 Å². The van der Waals surface area contributed by atoms with Crippen LogP contribution < -0.4 is 9.61 Å². The van der Waals surface area contributed by atoms with Gasteiger partial charge in [0.1, 0.15) is 12.4 Å². The molecule has 8 nitrogen and oxygen atoms in total. The van der Waals surface area contributed by atoms with Crippen LogP contribution in [0.3, 0.4) is 0 Å². The maximum atomic E-state index is 13.3. The number of thiazole rings is 1. The molecule has 0 saturated carbocycles. The van der Waals surface area contributed by atoms with Gasteiger partial charge in [-0.15, -0.1) is 0 Å². The molecule has 5 rings (SSSR count). The predicted molar refractivity (Wildman–Crippen MR) is 148 cm³/mol. The molecule has 4 aromatic carbocycles. The monoisotopic (exact) mass is 541 g/mol. The Morgan fingerprint density at radius 3 is 2.33 bits per heavy atom. The molecule has 0 radical (unpaired) electrons. The third-order valence-electron chi connectivity index (χ3n) is 6.51. The van der Waals surface area contributed by atoms with E-state index in [-0.39, 0.29) is 30.2 Å². The fraction of sp³-hybridized carbons (Fsp3) is 0.133. The second-order valence-electron chi connectivity index (χ2n) is 8.98. The molecule has 2 N–H and O–H groups in total. The number of hydrogen-bond acceptors (Lipinski definition) is 6. The molecule has 0 bridgehead atoms. The SMILES string of the molecule is O=C(c1ccc2c(c1)sc(=O)n2CCOc1ccc(CC(C(=O)O)C(=O)O)cc1)c1cccc2ccccc12. The Morgan fingerprint density at radius 2 is 1.59 bits per heavy atom. The molecular formula is C30H23NO7S. The Kier molecular flexibility index (Phi) is 7.25. The first-order chi connectivity index (χ1) is 18.8.